The molecule has 0 spiro atoms. The molecule has 5 heteroatoms. The normalized spacial score (nSPS) is 20.9. The number of nitrogens with one attached hydrogen (secondary N) is 1. The van der Waals surface area contributed by atoms with Gasteiger partial charge in [0.25, 0.3) is 0 Å². The summed E-state index contributed by atoms with van der Waals surface area (Å²) in [6.45, 7) is 16.4. The molecule has 0 unspecified atom stereocenters. The summed E-state index contributed by atoms with van der Waals surface area (Å²) in [6.07, 6.45) is 0.611. The summed E-state index contributed by atoms with van der Waals surface area (Å²) in [4.78, 5) is 2.51. The first kappa shape index (κ1) is 20.1. The van der Waals surface area contributed by atoms with E-state index in [9.17, 15) is 0 Å². The Hall–Kier alpha value is -1.69. The van der Waals surface area contributed by atoms with Crippen LogP contribution in [0.5, 0.6) is 0 Å². The second kappa shape index (κ2) is 9.00. The molecule has 1 aliphatic rings. The van der Waals surface area contributed by atoms with E-state index < -0.39 is 0 Å². The first-order valence-electron chi connectivity index (χ1n) is 10.2. The lowest BCUT2D eigenvalue weighted by Crippen LogP contribution is -2.45. The van der Waals surface area contributed by atoms with E-state index in [1.807, 2.05) is 0 Å². The fourth-order valence-corrected chi connectivity index (χ4v) is 4.16. The lowest BCUT2D eigenvalue weighted by molar-refractivity contribution is -0.0705. The van der Waals surface area contributed by atoms with Crippen LogP contribution in [-0.2, 0) is 30.9 Å². The van der Waals surface area contributed by atoms with E-state index in [1.165, 1.54) is 22.4 Å². The quantitative estimate of drug-likeness (QED) is 0.811. The Balaban J connectivity index is 1.62. The molecule has 2 heterocycles. The number of ether oxygens (including phenoxy) is 1. The standard InChI is InChI=1S/C22H34N4O/c1-6-26-19(5)22(18(4)24-26)12-23-11-20-9-7-8-10-21(20)15-25-13-16(2)27-17(3)14-25/h7-10,16-17,23H,6,11-15H2,1-5H3/t16-,17+. The molecular weight excluding hydrogens is 336 g/mol. The molecule has 27 heavy (non-hydrogen) atoms. The molecule has 0 saturated carbocycles. The predicted octanol–water partition coefficient (Wildman–Crippen LogP) is 3.42. The summed E-state index contributed by atoms with van der Waals surface area (Å²) in [7, 11) is 0. The number of nitrogens with zero attached hydrogens (tertiary/aromatic N) is 3. The molecule has 0 bridgehead atoms. The molecule has 0 amide bonds. The van der Waals surface area contributed by atoms with Gasteiger partial charge in [0.1, 0.15) is 0 Å². The highest BCUT2D eigenvalue weighted by Crippen LogP contribution is 2.18. The van der Waals surface area contributed by atoms with Crippen LogP contribution in [-0.4, -0.2) is 40.0 Å². The third-order valence-corrected chi connectivity index (χ3v) is 5.46. The van der Waals surface area contributed by atoms with Gasteiger partial charge in [0.05, 0.1) is 17.9 Å². The van der Waals surface area contributed by atoms with E-state index in [0.717, 1.165) is 45.0 Å². The van der Waals surface area contributed by atoms with E-state index >= 15 is 0 Å². The second-order valence-electron chi connectivity index (χ2n) is 7.79. The Labute approximate surface area is 163 Å². The van der Waals surface area contributed by atoms with Gasteiger partial charge in [-0.25, -0.2) is 0 Å². The fourth-order valence-electron chi connectivity index (χ4n) is 4.16. The minimum absolute atomic E-state index is 0.306. The van der Waals surface area contributed by atoms with Crippen molar-refractivity contribution in [3.05, 3.63) is 52.3 Å². The molecule has 1 N–H and O–H groups in total. The van der Waals surface area contributed by atoms with Gasteiger partial charge in [0.2, 0.25) is 0 Å². The van der Waals surface area contributed by atoms with Crippen LogP contribution in [0.2, 0.25) is 0 Å². The number of rotatable bonds is 7. The van der Waals surface area contributed by atoms with Crippen LogP contribution in [0.4, 0.5) is 0 Å². The van der Waals surface area contributed by atoms with E-state index in [1.54, 1.807) is 0 Å². The molecular formula is C22H34N4O. The predicted molar refractivity (Wildman–Crippen MR) is 110 cm³/mol. The molecule has 0 aliphatic carbocycles. The average Bonchev–Trinajstić information content (AvgIpc) is 2.89. The molecule has 148 valence electrons. The molecule has 1 fully saturated rings. The van der Waals surface area contributed by atoms with Crippen molar-refractivity contribution in [2.45, 2.75) is 73.0 Å². The van der Waals surface area contributed by atoms with Crippen molar-refractivity contribution >= 4 is 0 Å². The summed E-state index contributed by atoms with van der Waals surface area (Å²) < 4.78 is 7.95. The number of benzene rings is 1. The number of hydrogen-bond donors (Lipinski definition) is 1. The van der Waals surface area contributed by atoms with Crippen molar-refractivity contribution in [1.82, 2.24) is 20.0 Å². The highest BCUT2D eigenvalue weighted by Gasteiger charge is 2.22. The minimum Gasteiger partial charge on any atom is -0.373 e. The van der Waals surface area contributed by atoms with Crippen LogP contribution in [0.1, 0.15) is 48.8 Å². The summed E-state index contributed by atoms with van der Waals surface area (Å²) in [5, 5.41) is 8.26. The summed E-state index contributed by atoms with van der Waals surface area (Å²) >= 11 is 0. The van der Waals surface area contributed by atoms with Crippen LogP contribution < -0.4 is 5.32 Å². The lowest BCUT2D eigenvalue weighted by atomic mass is 10.1. The van der Waals surface area contributed by atoms with Gasteiger partial charge in [-0.05, 0) is 45.7 Å². The van der Waals surface area contributed by atoms with Crippen LogP contribution in [0.15, 0.2) is 24.3 Å². The maximum atomic E-state index is 5.87. The molecule has 3 rings (SSSR count). The highest BCUT2D eigenvalue weighted by atomic mass is 16.5. The zero-order chi connectivity index (χ0) is 19.4. The Morgan fingerprint density at radius 1 is 1.07 bits per heavy atom. The molecule has 1 aromatic heterocycles. The van der Waals surface area contributed by atoms with Gasteiger partial charge >= 0.3 is 0 Å². The second-order valence-corrected chi connectivity index (χ2v) is 7.79. The number of aromatic nitrogens is 2. The molecule has 1 aromatic carbocycles. The number of morpholine rings is 1. The van der Waals surface area contributed by atoms with Crippen molar-refractivity contribution < 1.29 is 4.74 Å². The minimum atomic E-state index is 0.306. The average molecular weight is 371 g/mol. The molecule has 2 atom stereocenters. The third kappa shape index (κ3) is 4.98. The first-order chi connectivity index (χ1) is 13.0. The van der Waals surface area contributed by atoms with E-state index in [0.29, 0.717) is 12.2 Å². The van der Waals surface area contributed by atoms with Crippen molar-refractivity contribution in [2.75, 3.05) is 13.1 Å². The first-order valence-corrected chi connectivity index (χ1v) is 10.2. The summed E-state index contributed by atoms with van der Waals surface area (Å²) in [5.74, 6) is 0. The van der Waals surface area contributed by atoms with Crippen LogP contribution in [0, 0.1) is 13.8 Å². The van der Waals surface area contributed by atoms with Crippen LogP contribution in [0.3, 0.4) is 0 Å². The molecule has 1 aliphatic heterocycles. The molecule has 0 radical (unpaired) electrons. The SMILES string of the molecule is CCn1nc(C)c(CNCc2ccccc2CN2C[C@@H](C)O[C@@H](C)C2)c1C. The van der Waals surface area contributed by atoms with Gasteiger partial charge in [0.15, 0.2) is 0 Å². The summed E-state index contributed by atoms with van der Waals surface area (Å²) in [6, 6.07) is 8.78. The van der Waals surface area contributed by atoms with Crippen LogP contribution >= 0.6 is 0 Å². The zero-order valence-corrected chi connectivity index (χ0v) is 17.5. The number of hydrogen-bond acceptors (Lipinski definition) is 4. The molecule has 5 nitrogen and oxygen atoms in total. The van der Waals surface area contributed by atoms with Gasteiger partial charge in [-0.15, -0.1) is 0 Å². The lowest BCUT2D eigenvalue weighted by Gasteiger charge is -2.35. The van der Waals surface area contributed by atoms with Gasteiger partial charge in [-0.1, -0.05) is 24.3 Å². The number of aryl methyl sites for hydroxylation is 2. The van der Waals surface area contributed by atoms with Crippen molar-refractivity contribution in [1.29, 1.82) is 0 Å². The van der Waals surface area contributed by atoms with E-state index in [2.05, 4.69) is 78.9 Å². The van der Waals surface area contributed by atoms with Crippen molar-refractivity contribution in [3.8, 4) is 0 Å². The monoisotopic (exact) mass is 370 g/mol. The van der Waals surface area contributed by atoms with Gasteiger partial charge < -0.3 is 10.1 Å². The Kier molecular flexibility index (Phi) is 6.68. The topological polar surface area (TPSA) is 42.3 Å². The van der Waals surface area contributed by atoms with Crippen molar-refractivity contribution in [2.24, 2.45) is 0 Å². The maximum Gasteiger partial charge on any atom is 0.0678 e. The Bertz CT molecular complexity index is 745. The fraction of sp³-hybridized carbons (Fsp3) is 0.591. The highest BCUT2D eigenvalue weighted by molar-refractivity contribution is 5.28. The van der Waals surface area contributed by atoms with Crippen molar-refractivity contribution in [3.63, 3.8) is 0 Å². The van der Waals surface area contributed by atoms with Crippen LogP contribution in [0.25, 0.3) is 0 Å². The van der Waals surface area contributed by atoms with Gasteiger partial charge in [0, 0.05) is 50.5 Å². The molecule has 1 saturated heterocycles. The maximum absolute atomic E-state index is 5.87. The Morgan fingerprint density at radius 2 is 1.74 bits per heavy atom. The van der Waals surface area contributed by atoms with E-state index in [-0.39, 0.29) is 0 Å². The van der Waals surface area contributed by atoms with Gasteiger partial charge in [-0.2, -0.15) is 5.10 Å². The Morgan fingerprint density at radius 3 is 2.37 bits per heavy atom. The van der Waals surface area contributed by atoms with E-state index in [4.69, 9.17) is 4.74 Å². The smallest absolute Gasteiger partial charge is 0.0678 e. The third-order valence-electron chi connectivity index (χ3n) is 5.46. The largest absolute Gasteiger partial charge is 0.373 e. The van der Waals surface area contributed by atoms with Gasteiger partial charge in [-0.3, -0.25) is 9.58 Å². The summed E-state index contributed by atoms with van der Waals surface area (Å²) in [5.41, 5.74) is 6.51. The zero-order valence-electron chi connectivity index (χ0n) is 17.5. The molecule has 2 aromatic rings.